The van der Waals surface area contributed by atoms with Gasteiger partial charge in [-0.25, -0.2) is 0 Å². The minimum absolute atomic E-state index is 0.0893. The molecule has 1 amide bonds. The Labute approximate surface area is 92.8 Å². The number of carbonyl (C=O) groups excluding carboxylic acids is 1. The third-order valence-electron chi connectivity index (χ3n) is 1.73. The number of nitrogens with one attached hydrogen (secondary N) is 1. The second-order valence-electron chi connectivity index (χ2n) is 3.23. The van der Waals surface area contributed by atoms with Crippen LogP contribution in [-0.4, -0.2) is 28.6 Å². The molecule has 1 heterocycles. The Kier molecular flexibility index (Phi) is 4.64. The third-order valence-corrected chi connectivity index (χ3v) is 2.92. The maximum absolute atomic E-state index is 11.4. The monoisotopic (exact) mass is 229 g/mol. The van der Waals surface area contributed by atoms with Crippen LogP contribution in [0.4, 0.5) is 5.82 Å². The van der Waals surface area contributed by atoms with Gasteiger partial charge in [-0.3, -0.25) is 4.79 Å². The van der Waals surface area contributed by atoms with Crippen molar-refractivity contribution in [3.8, 4) is 0 Å². The Balaban J connectivity index is 2.30. The van der Waals surface area contributed by atoms with Crippen molar-refractivity contribution < 1.29 is 9.32 Å². The summed E-state index contributed by atoms with van der Waals surface area (Å²) in [5, 5.41) is 6.59. The van der Waals surface area contributed by atoms with Crippen molar-refractivity contribution in [2.45, 2.75) is 19.1 Å². The lowest BCUT2D eigenvalue weighted by atomic mass is 10.5. The van der Waals surface area contributed by atoms with Crippen molar-refractivity contribution in [1.82, 2.24) is 5.16 Å². The second kappa shape index (κ2) is 5.77. The first-order valence-corrected chi connectivity index (χ1v) is 5.71. The highest BCUT2D eigenvalue weighted by Gasteiger charge is 2.08. The SMILES string of the molecule is Cc1cc(NC(=O)CSC(C)CN)no1. The number of rotatable bonds is 5. The molecule has 0 bridgehead atoms. The van der Waals surface area contributed by atoms with Gasteiger partial charge >= 0.3 is 0 Å². The number of hydrogen-bond donors (Lipinski definition) is 2. The van der Waals surface area contributed by atoms with E-state index >= 15 is 0 Å². The normalized spacial score (nSPS) is 12.5. The number of aromatic nitrogens is 1. The van der Waals surface area contributed by atoms with Crippen LogP contribution in [0.1, 0.15) is 12.7 Å². The van der Waals surface area contributed by atoms with Crippen LogP contribution in [0.5, 0.6) is 0 Å². The topological polar surface area (TPSA) is 81.2 Å². The molecule has 15 heavy (non-hydrogen) atoms. The van der Waals surface area contributed by atoms with E-state index < -0.39 is 0 Å². The van der Waals surface area contributed by atoms with Crippen molar-refractivity contribution in [3.05, 3.63) is 11.8 Å². The smallest absolute Gasteiger partial charge is 0.235 e. The van der Waals surface area contributed by atoms with E-state index in [4.69, 9.17) is 10.3 Å². The van der Waals surface area contributed by atoms with E-state index in [0.717, 1.165) is 0 Å². The van der Waals surface area contributed by atoms with E-state index in [1.807, 2.05) is 6.92 Å². The number of thioether (sulfide) groups is 1. The van der Waals surface area contributed by atoms with Crippen molar-refractivity contribution >= 4 is 23.5 Å². The Bertz CT molecular complexity index is 327. The molecule has 0 saturated carbocycles. The number of amides is 1. The van der Waals surface area contributed by atoms with Crippen LogP contribution >= 0.6 is 11.8 Å². The highest BCUT2D eigenvalue weighted by molar-refractivity contribution is 8.00. The van der Waals surface area contributed by atoms with Crippen LogP contribution in [0.2, 0.25) is 0 Å². The summed E-state index contributed by atoms with van der Waals surface area (Å²) in [5.41, 5.74) is 5.43. The molecule has 0 saturated heterocycles. The fourth-order valence-corrected chi connectivity index (χ4v) is 1.53. The molecule has 0 aliphatic rings. The first-order chi connectivity index (χ1) is 7.11. The molecule has 5 nitrogen and oxygen atoms in total. The molecule has 0 radical (unpaired) electrons. The van der Waals surface area contributed by atoms with Crippen molar-refractivity contribution in [2.24, 2.45) is 5.73 Å². The first-order valence-electron chi connectivity index (χ1n) is 4.66. The lowest BCUT2D eigenvalue weighted by Crippen LogP contribution is -2.19. The lowest BCUT2D eigenvalue weighted by Gasteiger charge is -2.06. The molecule has 0 fully saturated rings. The molecule has 1 aromatic heterocycles. The Morgan fingerprint density at radius 2 is 2.53 bits per heavy atom. The molecule has 3 N–H and O–H groups in total. The summed E-state index contributed by atoms with van der Waals surface area (Å²) in [4.78, 5) is 11.4. The zero-order chi connectivity index (χ0) is 11.3. The van der Waals surface area contributed by atoms with Crippen LogP contribution in [0.15, 0.2) is 10.6 Å². The predicted octanol–water partition coefficient (Wildman–Crippen LogP) is 1.00. The number of hydrogen-bond acceptors (Lipinski definition) is 5. The maximum Gasteiger partial charge on any atom is 0.235 e. The van der Waals surface area contributed by atoms with E-state index in [1.54, 1.807) is 13.0 Å². The van der Waals surface area contributed by atoms with Crippen LogP contribution in [0.25, 0.3) is 0 Å². The average molecular weight is 229 g/mol. The molecular formula is C9H15N3O2S. The van der Waals surface area contributed by atoms with Gasteiger partial charge in [-0.15, -0.1) is 11.8 Å². The fourth-order valence-electron chi connectivity index (χ4n) is 0.890. The molecule has 1 atom stereocenters. The molecule has 0 spiro atoms. The molecule has 0 aliphatic heterocycles. The van der Waals surface area contributed by atoms with Gasteiger partial charge in [-0.1, -0.05) is 12.1 Å². The second-order valence-corrected chi connectivity index (χ2v) is 4.66. The molecular weight excluding hydrogens is 214 g/mol. The summed E-state index contributed by atoms with van der Waals surface area (Å²) in [6.07, 6.45) is 0. The van der Waals surface area contributed by atoms with E-state index in [1.165, 1.54) is 11.8 Å². The fraction of sp³-hybridized carbons (Fsp3) is 0.556. The van der Waals surface area contributed by atoms with E-state index in [2.05, 4.69) is 10.5 Å². The quantitative estimate of drug-likeness (QED) is 0.787. The van der Waals surface area contributed by atoms with Gasteiger partial charge < -0.3 is 15.6 Å². The van der Waals surface area contributed by atoms with E-state index in [0.29, 0.717) is 23.9 Å². The van der Waals surface area contributed by atoms with Gasteiger partial charge in [0.05, 0.1) is 5.75 Å². The molecule has 0 aromatic carbocycles. The summed E-state index contributed by atoms with van der Waals surface area (Å²) < 4.78 is 4.82. The Morgan fingerprint density at radius 1 is 1.80 bits per heavy atom. The number of aryl methyl sites for hydroxylation is 1. The molecule has 1 unspecified atom stereocenters. The van der Waals surface area contributed by atoms with Gasteiger partial charge in [-0.05, 0) is 6.92 Å². The van der Waals surface area contributed by atoms with Crippen LogP contribution in [0, 0.1) is 6.92 Å². The summed E-state index contributed by atoms with van der Waals surface area (Å²) in [6, 6.07) is 1.68. The highest BCUT2D eigenvalue weighted by atomic mass is 32.2. The van der Waals surface area contributed by atoms with Gasteiger partial charge in [0.1, 0.15) is 5.76 Å². The van der Waals surface area contributed by atoms with Gasteiger partial charge in [0.25, 0.3) is 0 Å². The van der Waals surface area contributed by atoms with Crippen LogP contribution < -0.4 is 11.1 Å². The molecule has 1 aromatic rings. The van der Waals surface area contributed by atoms with Crippen molar-refractivity contribution in [3.63, 3.8) is 0 Å². The minimum atomic E-state index is -0.0893. The third kappa shape index (κ3) is 4.35. The largest absolute Gasteiger partial charge is 0.360 e. The minimum Gasteiger partial charge on any atom is -0.360 e. The van der Waals surface area contributed by atoms with E-state index in [-0.39, 0.29) is 11.2 Å². The Hall–Kier alpha value is -1.01. The predicted molar refractivity (Wildman–Crippen MR) is 60.8 cm³/mol. The van der Waals surface area contributed by atoms with Gasteiger partial charge in [0, 0.05) is 17.9 Å². The lowest BCUT2D eigenvalue weighted by molar-refractivity contribution is -0.113. The van der Waals surface area contributed by atoms with Crippen molar-refractivity contribution in [1.29, 1.82) is 0 Å². The molecule has 0 aliphatic carbocycles. The highest BCUT2D eigenvalue weighted by Crippen LogP contribution is 2.11. The first kappa shape index (κ1) is 12.1. The van der Waals surface area contributed by atoms with Gasteiger partial charge in [0.2, 0.25) is 5.91 Å². The summed E-state index contributed by atoms with van der Waals surface area (Å²) in [7, 11) is 0. The zero-order valence-electron chi connectivity index (χ0n) is 8.82. The number of nitrogens with zero attached hydrogens (tertiary/aromatic N) is 1. The summed E-state index contributed by atoms with van der Waals surface area (Å²) >= 11 is 1.52. The van der Waals surface area contributed by atoms with Gasteiger partial charge in [0.15, 0.2) is 5.82 Å². The number of carbonyl (C=O) groups is 1. The Morgan fingerprint density at radius 3 is 3.07 bits per heavy atom. The van der Waals surface area contributed by atoms with Crippen LogP contribution in [0.3, 0.4) is 0 Å². The number of nitrogens with two attached hydrogens (primary N) is 1. The summed E-state index contributed by atoms with van der Waals surface area (Å²) in [6.45, 7) is 4.33. The standard InChI is InChI=1S/C9H15N3O2S/c1-6-3-8(12-14-6)11-9(13)5-15-7(2)4-10/h3,7H,4-5,10H2,1-2H3,(H,11,12,13). The van der Waals surface area contributed by atoms with Crippen molar-refractivity contribution in [2.75, 3.05) is 17.6 Å². The average Bonchev–Trinajstić information content (AvgIpc) is 2.60. The van der Waals surface area contributed by atoms with Gasteiger partial charge in [-0.2, -0.15) is 0 Å². The molecule has 6 heteroatoms. The zero-order valence-corrected chi connectivity index (χ0v) is 9.63. The van der Waals surface area contributed by atoms with E-state index in [9.17, 15) is 4.79 Å². The van der Waals surface area contributed by atoms with Crippen LogP contribution in [-0.2, 0) is 4.79 Å². The maximum atomic E-state index is 11.4. The molecule has 1 rings (SSSR count). The molecule has 84 valence electrons. The number of anilines is 1. The summed E-state index contributed by atoms with van der Waals surface area (Å²) in [5.74, 6) is 1.42.